The highest BCUT2D eigenvalue weighted by Crippen LogP contribution is 2.36. The van der Waals surface area contributed by atoms with Crippen molar-refractivity contribution in [3.8, 4) is 0 Å². The van der Waals surface area contributed by atoms with Gasteiger partial charge in [0.1, 0.15) is 5.82 Å². The van der Waals surface area contributed by atoms with Gasteiger partial charge in [0.2, 0.25) is 0 Å². The van der Waals surface area contributed by atoms with Crippen LogP contribution in [0.4, 0.5) is 10.1 Å². The molecule has 0 aliphatic carbocycles. The van der Waals surface area contributed by atoms with E-state index in [4.69, 9.17) is 9.73 Å². The van der Waals surface area contributed by atoms with Crippen molar-refractivity contribution in [1.82, 2.24) is 0 Å². The standard InChI is InChI=1S/C13H14FIN2OS/c14-9-1-2-11(10(15)7-9)16-12-17-13(8-19-12)3-5-18-6-4-13/h1-2,7H,3-6,8H2,(H,16,17). The van der Waals surface area contributed by atoms with Gasteiger partial charge in [0, 0.05) is 22.5 Å². The Labute approximate surface area is 129 Å². The van der Waals surface area contributed by atoms with E-state index in [2.05, 4.69) is 27.9 Å². The quantitative estimate of drug-likeness (QED) is 0.743. The summed E-state index contributed by atoms with van der Waals surface area (Å²) in [7, 11) is 0. The molecule has 1 spiro atoms. The fraction of sp³-hybridized carbons (Fsp3) is 0.462. The van der Waals surface area contributed by atoms with Crippen LogP contribution in [0.5, 0.6) is 0 Å². The van der Waals surface area contributed by atoms with Gasteiger partial charge in [0.05, 0.1) is 11.2 Å². The lowest BCUT2D eigenvalue weighted by Gasteiger charge is -2.29. The maximum absolute atomic E-state index is 13.1. The number of hydrogen-bond donors (Lipinski definition) is 1. The van der Waals surface area contributed by atoms with Crippen molar-refractivity contribution in [3.05, 3.63) is 27.6 Å². The Morgan fingerprint density at radius 2 is 2.16 bits per heavy atom. The van der Waals surface area contributed by atoms with Crippen molar-refractivity contribution in [3.63, 3.8) is 0 Å². The van der Waals surface area contributed by atoms with E-state index in [0.717, 1.165) is 46.2 Å². The number of aliphatic imine (C=N–C) groups is 1. The molecule has 0 radical (unpaired) electrons. The van der Waals surface area contributed by atoms with Crippen molar-refractivity contribution >= 4 is 45.2 Å². The number of halogens is 2. The van der Waals surface area contributed by atoms with E-state index < -0.39 is 0 Å². The molecule has 2 heterocycles. The van der Waals surface area contributed by atoms with Crippen LogP contribution in [-0.4, -0.2) is 29.7 Å². The average Bonchev–Trinajstić information content (AvgIpc) is 2.77. The van der Waals surface area contributed by atoms with Crippen molar-refractivity contribution in [2.24, 2.45) is 4.99 Å². The summed E-state index contributed by atoms with van der Waals surface area (Å²) in [5.41, 5.74) is 0.967. The van der Waals surface area contributed by atoms with Crippen LogP contribution in [0.25, 0.3) is 0 Å². The first-order chi connectivity index (χ1) is 9.17. The summed E-state index contributed by atoms with van der Waals surface area (Å²) in [5, 5.41) is 4.24. The summed E-state index contributed by atoms with van der Waals surface area (Å²) >= 11 is 3.87. The maximum atomic E-state index is 13.1. The van der Waals surface area contributed by atoms with Crippen LogP contribution in [0.1, 0.15) is 12.8 Å². The van der Waals surface area contributed by atoms with E-state index in [1.54, 1.807) is 17.8 Å². The second-order valence-electron chi connectivity index (χ2n) is 4.79. The van der Waals surface area contributed by atoms with Gasteiger partial charge >= 0.3 is 0 Å². The number of hydrogen-bond acceptors (Lipinski definition) is 4. The van der Waals surface area contributed by atoms with E-state index in [1.165, 1.54) is 12.1 Å². The van der Waals surface area contributed by atoms with Crippen molar-refractivity contribution in [1.29, 1.82) is 0 Å². The summed E-state index contributed by atoms with van der Waals surface area (Å²) in [4.78, 5) is 4.83. The minimum atomic E-state index is -0.211. The minimum Gasteiger partial charge on any atom is -0.381 e. The molecule has 19 heavy (non-hydrogen) atoms. The topological polar surface area (TPSA) is 33.6 Å². The Morgan fingerprint density at radius 3 is 2.89 bits per heavy atom. The van der Waals surface area contributed by atoms with Gasteiger partial charge in [-0.3, -0.25) is 4.99 Å². The van der Waals surface area contributed by atoms with Crippen LogP contribution < -0.4 is 5.32 Å². The molecule has 1 fully saturated rings. The Bertz CT molecular complexity index is 517. The first kappa shape index (κ1) is 13.6. The fourth-order valence-electron chi connectivity index (χ4n) is 2.26. The number of rotatable bonds is 1. The lowest BCUT2D eigenvalue weighted by atomic mass is 9.93. The van der Waals surface area contributed by atoms with E-state index in [-0.39, 0.29) is 11.4 Å². The first-order valence-corrected chi connectivity index (χ1v) is 8.26. The zero-order chi connectivity index (χ0) is 13.3. The molecule has 1 saturated heterocycles. The summed E-state index contributed by atoms with van der Waals surface area (Å²) < 4.78 is 19.3. The summed E-state index contributed by atoms with van der Waals surface area (Å²) in [6.45, 7) is 1.59. The van der Waals surface area contributed by atoms with Gasteiger partial charge in [0.15, 0.2) is 5.17 Å². The fourth-order valence-corrected chi connectivity index (χ4v) is 4.07. The zero-order valence-electron chi connectivity index (χ0n) is 10.3. The second kappa shape index (κ2) is 5.57. The number of amidine groups is 1. The molecule has 3 rings (SSSR count). The van der Waals surface area contributed by atoms with Gasteiger partial charge in [-0.05, 0) is 53.6 Å². The maximum Gasteiger partial charge on any atom is 0.161 e. The van der Waals surface area contributed by atoms with Crippen LogP contribution in [0, 0.1) is 9.39 Å². The highest BCUT2D eigenvalue weighted by Gasteiger charge is 2.37. The number of benzene rings is 1. The summed E-state index contributed by atoms with van der Waals surface area (Å²) in [6, 6.07) is 4.75. The van der Waals surface area contributed by atoms with E-state index in [9.17, 15) is 4.39 Å². The molecule has 0 unspecified atom stereocenters. The van der Waals surface area contributed by atoms with Crippen molar-refractivity contribution < 1.29 is 9.13 Å². The lowest BCUT2D eigenvalue weighted by Crippen LogP contribution is -2.34. The molecule has 0 bridgehead atoms. The molecule has 2 aliphatic heterocycles. The predicted octanol–water partition coefficient (Wildman–Crippen LogP) is 3.49. The molecular weight excluding hydrogens is 378 g/mol. The monoisotopic (exact) mass is 392 g/mol. The van der Waals surface area contributed by atoms with Gasteiger partial charge < -0.3 is 10.1 Å². The third-order valence-electron chi connectivity index (χ3n) is 3.41. The molecule has 2 aliphatic rings. The second-order valence-corrected chi connectivity index (χ2v) is 6.92. The van der Waals surface area contributed by atoms with Crippen LogP contribution in [0.2, 0.25) is 0 Å². The third kappa shape index (κ3) is 3.05. The van der Waals surface area contributed by atoms with E-state index >= 15 is 0 Å². The molecule has 1 aromatic carbocycles. The van der Waals surface area contributed by atoms with Gasteiger partial charge in [0.25, 0.3) is 0 Å². The van der Waals surface area contributed by atoms with Crippen LogP contribution >= 0.6 is 34.4 Å². The molecular formula is C13H14FIN2OS. The lowest BCUT2D eigenvalue weighted by molar-refractivity contribution is 0.0624. The summed E-state index contributed by atoms with van der Waals surface area (Å²) in [5.74, 6) is 0.799. The molecule has 6 heteroatoms. The normalized spacial score (nSPS) is 21.5. The molecule has 1 aromatic rings. The number of thioether (sulfide) groups is 1. The van der Waals surface area contributed by atoms with E-state index in [0.29, 0.717) is 0 Å². The Kier molecular flexibility index (Phi) is 4.00. The number of anilines is 1. The molecule has 1 N–H and O–H groups in total. The van der Waals surface area contributed by atoms with Crippen LogP contribution in [-0.2, 0) is 4.74 Å². The largest absolute Gasteiger partial charge is 0.381 e. The predicted molar refractivity (Wildman–Crippen MR) is 85.4 cm³/mol. The third-order valence-corrected chi connectivity index (χ3v) is 5.45. The highest BCUT2D eigenvalue weighted by molar-refractivity contribution is 14.1. The number of nitrogens with one attached hydrogen (secondary N) is 1. The van der Waals surface area contributed by atoms with Gasteiger partial charge in [-0.25, -0.2) is 4.39 Å². The first-order valence-electron chi connectivity index (χ1n) is 6.19. The summed E-state index contributed by atoms with van der Waals surface area (Å²) in [6.07, 6.45) is 1.98. The van der Waals surface area contributed by atoms with Gasteiger partial charge in [-0.1, -0.05) is 11.8 Å². The van der Waals surface area contributed by atoms with Crippen LogP contribution in [0.3, 0.4) is 0 Å². The Morgan fingerprint density at radius 1 is 1.37 bits per heavy atom. The molecule has 0 saturated carbocycles. The average molecular weight is 392 g/mol. The molecule has 0 amide bonds. The van der Waals surface area contributed by atoms with Gasteiger partial charge in [-0.15, -0.1) is 0 Å². The number of nitrogens with zero attached hydrogens (tertiary/aromatic N) is 1. The molecule has 102 valence electrons. The van der Waals surface area contributed by atoms with Crippen molar-refractivity contribution in [2.45, 2.75) is 18.4 Å². The van der Waals surface area contributed by atoms with Crippen molar-refractivity contribution in [2.75, 3.05) is 24.3 Å². The smallest absolute Gasteiger partial charge is 0.161 e. The highest BCUT2D eigenvalue weighted by atomic mass is 127. The SMILES string of the molecule is Fc1ccc(NC2=NC3(CCOCC3)CS2)c(I)c1. The van der Waals surface area contributed by atoms with Gasteiger partial charge in [-0.2, -0.15) is 0 Å². The zero-order valence-corrected chi connectivity index (χ0v) is 13.3. The Hall–Kier alpha value is -0.340. The molecule has 3 nitrogen and oxygen atoms in total. The minimum absolute atomic E-state index is 0.0523. The van der Waals surface area contributed by atoms with E-state index in [1.807, 2.05) is 0 Å². The molecule has 0 atom stereocenters. The number of ether oxygens (including phenoxy) is 1. The Balaban J connectivity index is 1.75. The van der Waals surface area contributed by atoms with Crippen LogP contribution in [0.15, 0.2) is 23.2 Å². The molecule has 0 aromatic heterocycles.